The molecule has 2 atom stereocenters. The molecule has 1 fully saturated rings. The summed E-state index contributed by atoms with van der Waals surface area (Å²) in [6.45, 7) is 4.48. The van der Waals surface area contributed by atoms with Crippen molar-refractivity contribution in [1.82, 2.24) is 10.6 Å². The second-order valence-corrected chi connectivity index (χ2v) is 4.79. The third-order valence-electron chi connectivity index (χ3n) is 3.52. The van der Waals surface area contributed by atoms with E-state index in [1.54, 1.807) is 0 Å². The second kappa shape index (κ2) is 5.46. The van der Waals surface area contributed by atoms with Gasteiger partial charge in [0.2, 0.25) is 0 Å². The van der Waals surface area contributed by atoms with Crippen LogP contribution in [0.1, 0.15) is 30.0 Å². The van der Waals surface area contributed by atoms with Crippen molar-refractivity contribution in [2.75, 3.05) is 20.1 Å². The van der Waals surface area contributed by atoms with Gasteiger partial charge in [-0.05, 0) is 51.4 Å². The molecule has 2 heteroatoms. The van der Waals surface area contributed by atoms with Crippen LogP contribution in [0.15, 0.2) is 24.3 Å². The molecule has 0 aromatic heterocycles. The fraction of sp³-hybridized carbons (Fsp3) is 0.571. The maximum atomic E-state index is 3.49. The molecular weight excluding hydrogens is 196 g/mol. The molecule has 2 nitrogen and oxygen atoms in total. The Morgan fingerprint density at radius 3 is 2.94 bits per heavy atom. The predicted molar refractivity (Wildman–Crippen MR) is 68.6 cm³/mol. The van der Waals surface area contributed by atoms with Crippen molar-refractivity contribution in [3.8, 4) is 0 Å². The molecule has 1 aliphatic rings. The molecule has 2 rings (SSSR count). The van der Waals surface area contributed by atoms with Crippen molar-refractivity contribution in [2.45, 2.75) is 25.8 Å². The van der Waals surface area contributed by atoms with Gasteiger partial charge in [-0.1, -0.05) is 29.8 Å². The van der Waals surface area contributed by atoms with Crippen LogP contribution in [0.2, 0.25) is 0 Å². The normalized spacial score (nSPS) is 23.0. The van der Waals surface area contributed by atoms with Gasteiger partial charge in [0.1, 0.15) is 0 Å². The number of benzene rings is 1. The molecule has 0 bridgehead atoms. The number of aryl methyl sites for hydroxylation is 1. The summed E-state index contributed by atoms with van der Waals surface area (Å²) >= 11 is 0. The Labute approximate surface area is 98.4 Å². The third kappa shape index (κ3) is 2.63. The van der Waals surface area contributed by atoms with E-state index in [1.165, 1.54) is 30.5 Å². The standard InChI is InChI=1S/C14H22N2/c1-11-5-3-6-12(9-11)14(15-2)13-7-4-8-16-10-13/h3,5-6,9,13-16H,4,7-8,10H2,1-2H3. The first-order valence-corrected chi connectivity index (χ1v) is 6.26. The van der Waals surface area contributed by atoms with Crippen molar-refractivity contribution in [3.05, 3.63) is 35.4 Å². The van der Waals surface area contributed by atoms with Crippen LogP contribution in [0.3, 0.4) is 0 Å². The fourth-order valence-corrected chi connectivity index (χ4v) is 2.70. The average Bonchev–Trinajstić information content (AvgIpc) is 2.31. The molecule has 2 N–H and O–H groups in total. The second-order valence-electron chi connectivity index (χ2n) is 4.79. The minimum Gasteiger partial charge on any atom is -0.316 e. The van der Waals surface area contributed by atoms with E-state index in [9.17, 15) is 0 Å². The van der Waals surface area contributed by atoms with Crippen LogP contribution in [0.25, 0.3) is 0 Å². The summed E-state index contributed by atoms with van der Waals surface area (Å²) in [6, 6.07) is 9.35. The zero-order chi connectivity index (χ0) is 11.4. The van der Waals surface area contributed by atoms with E-state index in [-0.39, 0.29) is 0 Å². The largest absolute Gasteiger partial charge is 0.316 e. The summed E-state index contributed by atoms with van der Waals surface area (Å²) in [5.41, 5.74) is 2.78. The molecule has 1 saturated heterocycles. The van der Waals surface area contributed by atoms with Gasteiger partial charge in [0.25, 0.3) is 0 Å². The van der Waals surface area contributed by atoms with Crippen LogP contribution in [0.5, 0.6) is 0 Å². The monoisotopic (exact) mass is 218 g/mol. The molecule has 1 aromatic carbocycles. The van der Waals surface area contributed by atoms with Crippen molar-refractivity contribution in [1.29, 1.82) is 0 Å². The Morgan fingerprint density at radius 2 is 2.31 bits per heavy atom. The van der Waals surface area contributed by atoms with Gasteiger partial charge < -0.3 is 10.6 Å². The van der Waals surface area contributed by atoms with E-state index in [4.69, 9.17) is 0 Å². The summed E-state index contributed by atoms with van der Waals surface area (Å²) in [5, 5.41) is 6.97. The minimum absolute atomic E-state index is 0.493. The van der Waals surface area contributed by atoms with Crippen LogP contribution < -0.4 is 10.6 Å². The van der Waals surface area contributed by atoms with Gasteiger partial charge in [0, 0.05) is 6.04 Å². The predicted octanol–water partition coefficient (Wildman–Crippen LogP) is 2.26. The van der Waals surface area contributed by atoms with Crippen LogP contribution >= 0.6 is 0 Å². The highest BCUT2D eigenvalue weighted by Crippen LogP contribution is 2.27. The first-order chi connectivity index (χ1) is 7.81. The van der Waals surface area contributed by atoms with Crippen LogP contribution in [-0.4, -0.2) is 20.1 Å². The highest BCUT2D eigenvalue weighted by Gasteiger charge is 2.23. The van der Waals surface area contributed by atoms with E-state index in [1.807, 2.05) is 0 Å². The van der Waals surface area contributed by atoms with Gasteiger partial charge >= 0.3 is 0 Å². The number of hydrogen-bond acceptors (Lipinski definition) is 2. The summed E-state index contributed by atoms with van der Waals surface area (Å²) in [7, 11) is 2.07. The average molecular weight is 218 g/mol. The lowest BCUT2D eigenvalue weighted by Gasteiger charge is -2.31. The van der Waals surface area contributed by atoms with Crippen LogP contribution in [0, 0.1) is 12.8 Å². The highest BCUT2D eigenvalue weighted by molar-refractivity contribution is 5.25. The van der Waals surface area contributed by atoms with Gasteiger partial charge in [0.05, 0.1) is 0 Å². The molecule has 0 amide bonds. The molecule has 16 heavy (non-hydrogen) atoms. The van der Waals surface area contributed by atoms with E-state index in [0.29, 0.717) is 6.04 Å². The maximum absolute atomic E-state index is 3.49. The molecule has 0 saturated carbocycles. The quantitative estimate of drug-likeness (QED) is 0.813. The molecule has 1 aromatic rings. The molecule has 1 aliphatic heterocycles. The smallest absolute Gasteiger partial charge is 0.0358 e. The van der Waals surface area contributed by atoms with Crippen molar-refractivity contribution in [3.63, 3.8) is 0 Å². The summed E-state index contributed by atoms with van der Waals surface area (Å²) in [6.07, 6.45) is 2.63. The zero-order valence-corrected chi connectivity index (χ0v) is 10.3. The number of rotatable bonds is 3. The number of piperidine rings is 1. The highest BCUT2D eigenvalue weighted by atomic mass is 14.9. The number of nitrogens with one attached hydrogen (secondary N) is 2. The molecule has 88 valence electrons. The Morgan fingerprint density at radius 1 is 1.44 bits per heavy atom. The molecule has 0 spiro atoms. The van der Waals surface area contributed by atoms with Gasteiger partial charge in [-0.3, -0.25) is 0 Å². The van der Waals surface area contributed by atoms with Crippen LogP contribution in [-0.2, 0) is 0 Å². The minimum atomic E-state index is 0.493. The Hall–Kier alpha value is -0.860. The summed E-state index contributed by atoms with van der Waals surface area (Å²) in [4.78, 5) is 0. The number of hydrogen-bond donors (Lipinski definition) is 2. The van der Waals surface area contributed by atoms with E-state index in [0.717, 1.165) is 12.5 Å². The lowest BCUT2D eigenvalue weighted by Crippen LogP contribution is -2.37. The summed E-state index contributed by atoms with van der Waals surface area (Å²) in [5.74, 6) is 0.723. The summed E-state index contributed by atoms with van der Waals surface area (Å²) < 4.78 is 0. The van der Waals surface area contributed by atoms with E-state index >= 15 is 0 Å². The van der Waals surface area contributed by atoms with Crippen molar-refractivity contribution >= 4 is 0 Å². The van der Waals surface area contributed by atoms with Gasteiger partial charge in [-0.15, -0.1) is 0 Å². The van der Waals surface area contributed by atoms with E-state index in [2.05, 4.69) is 48.9 Å². The maximum Gasteiger partial charge on any atom is 0.0358 e. The molecule has 0 aliphatic carbocycles. The van der Waals surface area contributed by atoms with Crippen molar-refractivity contribution < 1.29 is 0 Å². The van der Waals surface area contributed by atoms with Crippen molar-refractivity contribution in [2.24, 2.45) is 5.92 Å². The third-order valence-corrected chi connectivity index (χ3v) is 3.52. The molecule has 0 radical (unpaired) electrons. The van der Waals surface area contributed by atoms with Gasteiger partial charge in [-0.2, -0.15) is 0 Å². The molecule has 1 heterocycles. The molecule has 2 unspecified atom stereocenters. The topological polar surface area (TPSA) is 24.1 Å². The van der Waals surface area contributed by atoms with Crippen LogP contribution in [0.4, 0.5) is 0 Å². The first-order valence-electron chi connectivity index (χ1n) is 6.26. The Bertz CT molecular complexity index is 329. The zero-order valence-electron chi connectivity index (χ0n) is 10.3. The first kappa shape index (κ1) is 11.6. The van der Waals surface area contributed by atoms with E-state index < -0.39 is 0 Å². The Balaban J connectivity index is 2.14. The lowest BCUT2D eigenvalue weighted by molar-refractivity contribution is 0.298. The van der Waals surface area contributed by atoms with Gasteiger partial charge in [0.15, 0.2) is 0 Å². The SMILES string of the molecule is CNC(c1cccc(C)c1)C1CCCNC1. The lowest BCUT2D eigenvalue weighted by atomic mass is 9.87. The van der Waals surface area contributed by atoms with Gasteiger partial charge in [-0.25, -0.2) is 0 Å². The molecular formula is C14H22N2. The fourth-order valence-electron chi connectivity index (χ4n) is 2.70. The Kier molecular flexibility index (Phi) is 3.97.